The van der Waals surface area contributed by atoms with E-state index >= 15 is 0 Å². The molecule has 0 heterocycles. The van der Waals surface area contributed by atoms with Crippen molar-refractivity contribution in [2.24, 2.45) is 5.92 Å². The van der Waals surface area contributed by atoms with Crippen LogP contribution in [0.4, 0.5) is 5.69 Å². The monoisotopic (exact) mass is 609 g/mol. The predicted molar refractivity (Wildman–Crippen MR) is 177 cm³/mol. The van der Waals surface area contributed by atoms with Crippen molar-refractivity contribution in [2.45, 2.75) is 71.6 Å². The molecule has 0 radical (unpaired) electrons. The molecule has 0 spiro atoms. The SMILES string of the molecule is COC(=O)/C=C/c1cccc(N(Cc2ccc(/C=C/C(=O)OC(C)(C)C)cc2OCc2ccccc2)C(=O)C2CCCCC2)c1. The molecule has 3 aromatic rings. The highest BCUT2D eigenvalue weighted by molar-refractivity contribution is 5.95. The first-order valence-corrected chi connectivity index (χ1v) is 15.5. The Bertz CT molecular complexity index is 1510. The van der Waals surface area contributed by atoms with Gasteiger partial charge in [0.15, 0.2) is 0 Å². The first-order chi connectivity index (χ1) is 21.6. The Balaban J connectivity index is 1.68. The Kier molecular flexibility index (Phi) is 11.7. The van der Waals surface area contributed by atoms with Crippen LogP contribution >= 0.6 is 0 Å². The number of carbonyl (C=O) groups is 3. The highest BCUT2D eigenvalue weighted by Gasteiger charge is 2.28. The van der Waals surface area contributed by atoms with Crippen LogP contribution in [0.15, 0.2) is 84.9 Å². The van der Waals surface area contributed by atoms with E-state index in [4.69, 9.17) is 14.2 Å². The molecule has 0 aliphatic heterocycles. The molecule has 0 saturated heterocycles. The van der Waals surface area contributed by atoms with E-state index in [1.807, 2.05) is 98.5 Å². The van der Waals surface area contributed by atoms with Crippen LogP contribution in [0.1, 0.15) is 75.1 Å². The van der Waals surface area contributed by atoms with E-state index in [1.54, 1.807) is 12.2 Å². The van der Waals surface area contributed by atoms with Gasteiger partial charge in [-0.3, -0.25) is 4.79 Å². The van der Waals surface area contributed by atoms with E-state index in [2.05, 4.69) is 0 Å². The maximum absolute atomic E-state index is 14.1. The molecule has 1 amide bonds. The van der Waals surface area contributed by atoms with Crippen LogP contribution in [0.2, 0.25) is 0 Å². The van der Waals surface area contributed by atoms with E-state index in [-0.39, 0.29) is 11.8 Å². The van der Waals surface area contributed by atoms with Gasteiger partial charge in [0.2, 0.25) is 5.91 Å². The van der Waals surface area contributed by atoms with Crippen molar-refractivity contribution in [1.29, 1.82) is 0 Å². The fourth-order valence-electron chi connectivity index (χ4n) is 5.24. The molecule has 1 fully saturated rings. The zero-order chi connectivity index (χ0) is 32.2. The number of nitrogens with zero attached hydrogens (tertiary/aromatic N) is 1. The summed E-state index contributed by atoms with van der Waals surface area (Å²) >= 11 is 0. The number of methoxy groups -OCH3 is 1. The molecule has 0 bridgehead atoms. The van der Waals surface area contributed by atoms with Gasteiger partial charge in [-0.25, -0.2) is 9.59 Å². The Morgan fingerprint density at radius 1 is 0.822 bits per heavy atom. The molecule has 0 unspecified atom stereocenters. The Labute approximate surface area is 266 Å². The fourth-order valence-corrected chi connectivity index (χ4v) is 5.24. The highest BCUT2D eigenvalue weighted by atomic mass is 16.6. The van der Waals surface area contributed by atoms with Gasteiger partial charge in [0.1, 0.15) is 18.0 Å². The largest absolute Gasteiger partial charge is 0.489 e. The molecule has 45 heavy (non-hydrogen) atoms. The Morgan fingerprint density at radius 2 is 1.51 bits per heavy atom. The van der Waals surface area contributed by atoms with E-state index < -0.39 is 17.5 Å². The molecule has 4 rings (SSSR count). The topological polar surface area (TPSA) is 82.1 Å². The van der Waals surface area contributed by atoms with E-state index in [0.29, 0.717) is 18.9 Å². The second-order valence-electron chi connectivity index (χ2n) is 12.2. The lowest BCUT2D eigenvalue weighted by Crippen LogP contribution is -2.36. The maximum atomic E-state index is 14.1. The van der Waals surface area contributed by atoms with Gasteiger partial charge in [-0.2, -0.15) is 0 Å². The van der Waals surface area contributed by atoms with Crippen LogP contribution in [0.5, 0.6) is 5.75 Å². The third-order valence-corrected chi connectivity index (χ3v) is 7.49. The molecular formula is C38H43NO6. The van der Waals surface area contributed by atoms with Gasteiger partial charge in [0, 0.05) is 29.3 Å². The number of ether oxygens (including phenoxy) is 3. The number of anilines is 1. The molecule has 0 atom stereocenters. The number of hydrogen-bond donors (Lipinski definition) is 0. The minimum atomic E-state index is -0.587. The summed E-state index contributed by atoms with van der Waals surface area (Å²) in [4.78, 5) is 40.0. The minimum absolute atomic E-state index is 0.0576. The number of esters is 2. The van der Waals surface area contributed by atoms with E-state index in [0.717, 1.165) is 60.0 Å². The number of benzene rings is 3. The third kappa shape index (κ3) is 10.5. The van der Waals surface area contributed by atoms with Gasteiger partial charge >= 0.3 is 11.9 Å². The first-order valence-electron chi connectivity index (χ1n) is 15.5. The van der Waals surface area contributed by atoms with Crippen LogP contribution in [-0.4, -0.2) is 30.6 Å². The quantitative estimate of drug-likeness (QED) is 0.162. The molecule has 236 valence electrons. The molecule has 3 aromatic carbocycles. The minimum Gasteiger partial charge on any atom is -0.489 e. The van der Waals surface area contributed by atoms with Crippen LogP contribution < -0.4 is 9.64 Å². The molecule has 7 heteroatoms. The zero-order valence-corrected chi connectivity index (χ0v) is 26.7. The standard InChI is InChI=1S/C38H43NO6/c1-38(2,3)45-36(41)23-20-29-18-21-32(34(25-29)44-27-30-12-7-5-8-13-30)26-39(37(42)31-15-9-6-10-16-31)33-17-11-14-28(24-33)19-22-35(40)43-4/h5,7-8,11-14,17-25,31H,6,9-10,15-16,26-27H2,1-4H3/b22-19+,23-20+. The van der Waals surface area contributed by atoms with Crippen LogP contribution in [0, 0.1) is 5.92 Å². The summed E-state index contributed by atoms with van der Waals surface area (Å²) in [6.07, 6.45) is 11.1. The lowest BCUT2D eigenvalue weighted by atomic mass is 9.88. The van der Waals surface area contributed by atoms with Crippen molar-refractivity contribution in [3.63, 3.8) is 0 Å². The summed E-state index contributed by atoms with van der Waals surface area (Å²) in [6.45, 7) is 6.12. The zero-order valence-electron chi connectivity index (χ0n) is 26.7. The summed E-state index contributed by atoms with van der Waals surface area (Å²) < 4.78 is 16.5. The molecular weight excluding hydrogens is 566 g/mol. The summed E-state index contributed by atoms with van der Waals surface area (Å²) in [7, 11) is 1.34. The second-order valence-corrected chi connectivity index (χ2v) is 12.2. The predicted octanol–water partition coefficient (Wildman–Crippen LogP) is 7.92. The second kappa shape index (κ2) is 15.9. The molecule has 1 aliphatic rings. The van der Waals surface area contributed by atoms with Gasteiger partial charge in [-0.15, -0.1) is 0 Å². The number of hydrogen-bond acceptors (Lipinski definition) is 6. The van der Waals surface area contributed by atoms with Crippen molar-refractivity contribution in [3.05, 3.63) is 107 Å². The molecule has 1 saturated carbocycles. The smallest absolute Gasteiger partial charge is 0.331 e. The van der Waals surface area contributed by atoms with Gasteiger partial charge in [-0.1, -0.05) is 73.9 Å². The van der Waals surface area contributed by atoms with Crippen molar-refractivity contribution in [3.8, 4) is 5.75 Å². The van der Waals surface area contributed by atoms with Crippen molar-refractivity contribution >= 4 is 35.7 Å². The molecule has 0 N–H and O–H groups in total. The maximum Gasteiger partial charge on any atom is 0.331 e. The lowest BCUT2D eigenvalue weighted by molar-refractivity contribution is -0.148. The Morgan fingerprint density at radius 3 is 2.20 bits per heavy atom. The lowest BCUT2D eigenvalue weighted by Gasteiger charge is -2.30. The van der Waals surface area contributed by atoms with Crippen LogP contribution in [0.3, 0.4) is 0 Å². The van der Waals surface area contributed by atoms with Gasteiger partial charge in [0.05, 0.1) is 13.7 Å². The molecule has 1 aliphatic carbocycles. The molecule has 7 nitrogen and oxygen atoms in total. The average molecular weight is 610 g/mol. The summed E-state index contributed by atoms with van der Waals surface area (Å²) in [5.74, 6) is -0.238. The number of amides is 1. The highest BCUT2D eigenvalue weighted by Crippen LogP contribution is 2.32. The van der Waals surface area contributed by atoms with Gasteiger partial charge in [-0.05, 0) is 80.7 Å². The van der Waals surface area contributed by atoms with Crippen molar-refractivity contribution in [1.82, 2.24) is 0 Å². The summed E-state index contributed by atoms with van der Waals surface area (Å²) in [5.41, 5.74) is 3.55. The third-order valence-electron chi connectivity index (χ3n) is 7.49. The summed E-state index contributed by atoms with van der Waals surface area (Å²) in [5, 5.41) is 0. The number of carbonyl (C=O) groups excluding carboxylic acids is 3. The van der Waals surface area contributed by atoms with Crippen molar-refractivity contribution in [2.75, 3.05) is 12.0 Å². The van der Waals surface area contributed by atoms with E-state index in [9.17, 15) is 14.4 Å². The van der Waals surface area contributed by atoms with E-state index in [1.165, 1.54) is 19.3 Å². The number of rotatable bonds is 11. The normalized spacial score (nSPS) is 14.0. The Hall–Kier alpha value is -4.65. The fraction of sp³-hybridized carbons (Fsp3) is 0.342. The van der Waals surface area contributed by atoms with Gasteiger partial charge < -0.3 is 19.1 Å². The first kappa shape index (κ1) is 33.2. The van der Waals surface area contributed by atoms with Crippen molar-refractivity contribution < 1.29 is 28.6 Å². The molecule has 0 aromatic heterocycles. The van der Waals surface area contributed by atoms with Gasteiger partial charge in [0.25, 0.3) is 0 Å². The van der Waals surface area contributed by atoms with Crippen LogP contribution in [-0.2, 0) is 37.0 Å². The summed E-state index contributed by atoms with van der Waals surface area (Å²) in [6, 6.07) is 23.2. The van der Waals surface area contributed by atoms with Crippen LogP contribution in [0.25, 0.3) is 12.2 Å². The average Bonchev–Trinajstić information content (AvgIpc) is 3.04.